The van der Waals surface area contributed by atoms with Crippen molar-refractivity contribution in [3.8, 4) is 0 Å². The van der Waals surface area contributed by atoms with E-state index in [1.165, 1.54) is 0 Å². The van der Waals surface area contributed by atoms with Crippen molar-refractivity contribution >= 4 is 0 Å². The SMILES string of the molecule is C=CCC/C=C(\C)C(C)O. The van der Waals surface area contributed by atoms with Crippen LogP contribution in [0, 0.1) is 0 Å². The van der Waals surface area contributed by atoms with Crippen LogP contribution >= 0.6 is 0 Å². The second-order valence-corrected chi connectivity index (χ2v) is 2.49. The number of aliphatic hydroxyl groups excluding tert-OH is 1. The van der Waals surface area contributed by atoms with Gasteiger partial charge in [-0.2, -0.15) is 0 Å². The van der Waals surface area contributed by atoms with Crippen molar-refractivity contribution in [1.82, 2.24) is 0 Å². The number of hydrogen-bond donors (Lipinski definition) is 1. The van der Waals surface area contributed by atoms with Crippen LogP contribution in [0.25, 0.3) is 0 Å². The third-order valence-electron chi connectivity index (χ3n) is 1.50. The topological polar surface area (TPSA) is 20.2 Å². The standard InChI is InChI=1S/C9H16O/c1-4-5-6-7-8(2)9(3)10/h4,7,9-10H,1,5-6H2,2-3H3/b8-7+. The van der Waals surface area contributed by atoms with Gasteiger partial charge in [-0.1, -0.05) is 12.2 Å². The van der Waals surface area contributed by atoms with E-state index in [2.05, 4.69) is 6.58 Å². The molecule has 0 aromatic heterocycles. The molecule has 0 saturated carbocycles. The van der Waals surface area contributed by atoms with Crippen LogP contribution in [0.3, 0.4) is 0 Å². The number of hydrogen-bond acceptors (Lipinski definition) is 1. The Bertz CT molecular complexity index is 123. The maximum atomic E-state index is 9.03. The molecule has 1 unspecified atom stereocenters. The Morgan fingerprint density at radius 2 is 2.20 bits per heavy atom. The Morgan fingerprint density at radius 3 is 2.60 bits per heavy atom. The van der Waals surface area contributed by atoms with Gasteiger partial charge in [0.05, 0.1) is 6.10 Å². The molecule has 1 N–H and O–H groups in total. The van der Waals surface area contributed by atoms with Gasteiger partial charge in [-0.25, -0.2) is 0 Å². The van der Waals surface area contributed by atoms with E-state index in [4.69, 9.17) is 5.11 Å². The highest BCUT2D eigenvalue weighted by Gasteiger charge is 1.94. The Hall–Kier alpha value is -0.560. The molecule has 1 nitrogen and oxygen atoms in total. The Morgan fingerprint density at radius 1 is 1.60 bits per heavy atom. The predicted octanol–water partition coefficient (Wildman–Crippen LogP) is 2.28. The van der Waals surface area contributed by atoms with Crippen LogP contribution in [0.15, 0.2) is 24.3 Å². The largest absolute Gasteiger partial charge is 0.389 e. The van der Waals surface area contributed by atoms with E-state index in [1.807, 2.05) is 19.1 Å². The molecular formula is C9H16O. The molecule has 0 aliphatic rings. The first kappa shape index (κ1) is 9.44. The first-order valence-corrected chi connectivity index (χ1v) is 3.64. The predicted molar refractivity (Wildman–Crippen MR) is 44.9 cm³/mol. The van der Waals surface area contributed by atoms with Crippen molar-refractivity contribution in [1.29, 1.82) is 0 Å². The van der Waals surface area contributed by atoms with Crippen molar-refractivity contribution in [2.45, 2.75) is 32.8 Å². The van der Waals surface area contributed by atoms with Crippen LogP contribution in [0.2, 0.25) is 0 Å². The smallest absolute Gasteiger partial charge is 0.0719 e. The van der Waals surface area contributed by atoms with E-state index in [0.29, 0.717) is 0 Å². The molecule has 58 valence electrons. The van der Waals surface area contributed by atoms with E-state index in [9.17, 15) is 0 Å². The molecule has 1 heteroatoms. The van der Waals surface area contributed by atoms with Gasteiger partial charge in [0, 0.05) is 0 Å². The second-order valence-electron chi connectivity index (χ2n) is 2.49. The van der Waals surface area contributed by atoms with Gasteiger partial charge in [0.1, 0.15) is 0 Å². The summed E-state index contributed by atoms with van der Waals surface area (Å²) in [5, 5.41) is 9.03. The first-order valence-electron chi connectivity index (χ1n) is 3.64. The first-order chi connectivity index (χ1) is 4.68. The Kier molecular flexibility index (Phi) is 4.95. The molecule has 0 aromatic rings. The van der Waals surface area contributed by atoms with E-state index in [-0.39, 0.29) is 6.10 Å². The lowest BCUT2D eigenvalue weighted by Crippen LogP contribution is -2.00. The van der Waals surface area contributed by atoms with Crippen molar-refractivity contribution in [2.24, 2.45) is 0 Å². The molecule has 0 saturated heterocycles. The Labute approximate surface area is 63.1 Å². The minimum atomic E-state index is -0.301. The van der Waals surface area contributed by atoms with Gasteiger partial charge < -0.3 is 5.11 Å². The van der Waals surface area contributed by atoms with E-state index >= 15 is 0 Å². The lowest BCUT2D eigenvalue weighted by Gasteiger charge is -2.02. The molecular weight excluding hydrogens is 124 g/mol. The highest BCUT2D eigenvalue weighted by Crippen LogP contribution is 2.02. The molecule has 1 atom stereocenters. The van der Waals surface area contributed by atoms with Crippen LogP contribution in [0.1, 0.15) is 26.7 Å². The Balaban J connectivity index is 3.57. The van der Waals surface area contributed by atoms with Crippen molar-refractivity contribution in [3.63, 3.8) is 0 Å². The van der Waals surface area contributed by atoms with E-state index < -0.39 is 0 Å². The van der Waals surface area contributed by atoms with Crippen LogP contribution in [-0.4, -0.2) is 11.2 Å². The van der Waals surface area contributed by atoms with Crippen molar-refractivity contribution in [3.05, 3.63) is 24.3 Å². The van der Waals surface area contributed by atoms with Gasteiger partial charge >= 0.3 is 0 Å². The summed E-state index contributed by atoms with van der Waals surface area (Å²) >= 11 is 0. The van der Waals surface area contributed by atoms with Gasteiger partial charge in [-0.3, -0.25) is 0 Å². The van der Waals surface area contributed by atoms with E-state index in [0.717, 1.165) is 18.4 Å². The van der Waals surface area contributed by atoms with Crippen LogP contribution < -0.4 is 0 Å². The summed E-state index contributed by atoms with van der Waals surface area (Å²) < 4.78 is 0. The molecule has 0 bridgehead atoms. The van der Waals surface area contributed by atoms with Crippen molar-refractivity contribution in [2.75, 3.05) is 0 Å². The summed E-state index contributed by atoms with van der Waals surface area (Å²) in [5.74, 6) is 0. The second kappa shape index (κ2) is 5.24. The molecule has 0 rings (SSSR count). The van der Waals surface area contributed by atoms with Gasteiger partial charge in [0.25, 0.3) is 0 Å². The molecule has 0 radical (unpaired) electrons. The number of unbranched alkanes of at least 4 members (excludes halogenated alkanes) is 1. The molecule has 0 heterocycles. The fraction of sp³-hybridized carbons (Fsp3) is 0.556. The fourth-order valence-corrected chi connectivity index (χ4v) is 0.599. The van der Waals surface area contributed by atoms with E-state index in [1.54, 1.807) is 6.92 Å². The summed E-state index contributed by atoms with van der Waals surface area (Å²) in [7, 11) is 0. The lowest BCUT2D eigenvalue weighted by molar-refractivity contribution is 0.231. The number of allylic oxidation sites excluding steroid dienone is 2. The number of rotatable bonds is 4. The fourth-order valence-electron chi connectivity index (χ4n) is 0.599. The van der Waals surface area contributed by atoms with Crippen LogP contribution in [0.5, 0.6) is 0 Å². The molecule has 0 aliphatic carbocycles. The summed E-state index contributed by atoms with van der Waals surface area (Å²) in [6, 6.07) is 0. The van der Waals surface area contributed by atoms with Crippen molar-refractivity contribution < 1.29 is 5.11 Å². The third kappa shape index (κ3) is 4.33. The summed E-state index contributed by atoms with van der Waals surface area (Å²) in [5.41, 5.74) is 1.04. The third-order valence-corrected chi connectivity index (χ3v) is 1.50. The maximum Gasteiger partial charge on any atom is 0.0719 e. The summed E-state index contributed by atoms with van der Waals surface area (Å²) in [6.45, 7) is 7.33. The molecule has 0 aromatic carbocycles. The van der Waals surface area contributed by atoms with Gasteiger partial charge in [0.15, 0.2) is 0 Å². The zero-order valence-corrected chi connectivity index (χ0v) is 6.80. The maximum absolute atomic E-state index is 9.03. The van der Waals surface area contributed by atoms with Gasteiger partial charge in [0.2, 0.25) is 0 Å². The summed E-state index contributed by atoms with van der Waals surface area (Å²) in [6.07, 6.45) is 5.60. The molecule has 0 aliphatic heterocycles. The quantitative estimate of drug-likeness (QED) is 0.469. The van der Waals surface area contributed by atoms with Gasteiger partial charge in [-0.05, 0) is 32.3 Å². The van der Waals surface area contributed by atoms with Crippen LogP contribution in [-0.2, 0) is 0 Å². The monoisotopic (exact) mass is 140 g/mol. The summed E-state index contributed by atoms with van der Waals surface area (Å²) in [4.78, 5) is 0. The molecule has 10 heavy (non-hydrogen) atoms. The van der Waals surface area contributed by atoms with Crippen LogP contribution in [0.4, 0.5) is 0 Å². The highest BCUT2D eigenvalue weighted by atomic mass is 16.3. The molecule has 0 fully saturated rings. The molecule has 0 spiro atoms. The van der Waals surface area contributed by atoms with Gasteiger partial charge in [-0.15, -0.1) is 6.58 Å². The average molecular weight is 140 g/mol. The number of aliphatic hydroxyl groups is 1. The zero-order chi connectivity index (χ0) is 7.98. The lowest BCUT2D eigenvalue weighted by atomic mass is 10.1. The highest BCUT2D eigenvalue weighted by molar-refractivity contribution is 5.02. The zero-order valence-electron chi connectivity index (χ0n) is 6.80. The minimum absolute atomic E-state index is 0.301. The normalized spacial score (nSPS) is 14.9. The minimum Gasteiger partial charge on any atom is -0.389 e. The average Bonchev–Trinajstić information content (AvgIpc) is 1.88. The molecule has 0 amide bonds.